The first-order chi connectivity index (χ1) is 13.5. The van der Waals surface area contributed by atoms with Crippen LogP contribution in [0.2, 0.25) is 0 Å². The molecule has 1 heterocycles. The van der Waals surface area contributed by atoms with Gasteiger partial charge in [-0.3, -0.25) is 19.1 Å². The summed E-state index contributed by atoms with van der Waals surface area (Å²) >= 11 is 0. The minimum atomic E-state index is -0.679. The van der Waals surface area contributed by atoms with E-state index in [1.165, 1.54) is 18.3 Å². The van der Waals surface area contributed by atoms with Gasteiger partial charge in [-0.05, 0) is 17.7 Å². The Kier molecular flexibility index (Phi) is 6.01. The zero-order chi connectivity index (χ0) is 19.9. The van der Waals surface area contributed by atoms with E-state index in [1.54, 1.807) is 12.1 Å². The number of rotatable bonds is 7. The third kappa shape index (κ3) is 4.94. The van der Waals surface area contributed by atoms with E-state index in [9.17, 15) is 18.8 Å². The van der Waals surface area contributed by atoms with E-state index >= 15 is 0 Å². The minimum absolute atomic E-state index is 0.00277. The van der Waals surface area contributed by atoms with Crippen molar-refractivity contribution in [1.29, 1.82) is 0 Å². The molecule has 144 valence electrons. The van der Waals surface area contributed by atoms with Crippen molar-refractivity contribution in [1.82, 2.24) is 14.9 Å². The Morgan fingerprint density at radius 1 is 1.07 bits per heavy atom. The van der Waals surface area contributed by atoms with Gasteiger partial charge in [-0.15, -0.1) is 0 Å². The highest BCUT2D eigenvalue weighted by Gasteiger charge is 2.17. The number of benzene rings is 2. The van der Waals surface area contributed by atoms with Gasteiger partial charge in [0.05, 0.1) is 6.04 Å². The fraction of sp³-hybridized carbons (Fsp3) is 0.150. The van der Waals surface area contributed by atoms with Crippen LogP contribution in [0.5, 0.6) is 5.75 Å². The molecule has 1 aromatic heterocycles. The van der Waals surface area contributed by atoms with Gasteiger partial charge in [0.2, 0.25) is 5.91 Å². The van der Waals surface area contributed by atoms with Gasteiger partial charge in [-0.2, -0.15) is 0 Å². The Balaban J connectivity index is 1.73. The number of carbonyl (C=O) groups is 1. The first kappa shape index (κ1) is 19.1. The molecule has 0 radical (unpaired) electrons. The first-order valence-corrected chi connectivity index (χ1v) is 8.54. The van der Waals surface area contributed by atoms with Gasteiger partial charge in [-0.25, -0.2) is 9.18 Å². The summed E-state index contributed by atoms with van der Waals surface area (Å²) in [7, 11) is 0. The van der Waals surface area contributed by atoms with Gasteiger partial charge in [-0.1, -0.05) is 42.5 Å². The summed E-state index contributed by atoms with van der Waals surface area (Å²) in [4.78, 5) is 37.4. The monoisotopic (exact) mass is 383 g/mol. The first-order valence-electron chi connectivity index (χ1n) is 8.54. The zero-order valence-corrected chi connectivity index (χ0v) is 14.8. The maximum absolute atomic E-state index is 13.8. The SMILES string of the molecule is O=C(Cn1ccc(=O)[nH]c1=O)N[C@H](COc1ccccc1F)c1ccccc1. The maximum Gasteiger partial charge on any atom is 0.328 e. The molecule has 8 heteroatoms. The second-order valence-electron chi connectivity index (χ2n) is 6.01. The normalized spacial score (nSPS) is 11.6. The molecule has 0 aliphatic heterocycles. The van der Waals surface area contributed by atoms with Gasteiger partial charge in [0.25, 0.3) is 5.56 Å². The van der Waals surface area contributed by atoms with Gasteiger partial charge in [0, 0.05) is 12.3 Å². The fourth-order valence-electron chi connectivity index (χ4n) is 2.60. The van der Waals surface area contributed by atoms with E-state index in [-0.39, 0.29) is 18.9 Å². The van der Waals surface area contributed by atoms with Crippen molar-refractivity contribution < 1.29 is 13.9 Å². The fourth-order valence-corrected chi connectivity index (χ4v) is 2.60. The number of aromatic amines is 1. The Labute approximate surface area is 159 Å². The number of amides is 1. The standard InChI is InChI=1S/C20H18FN3O4/c21-15-8-4-5-9-17(15)28-13-16(14-6-2-1-3-7-14)22-19(26)12-24-11-10-18(25)23-20(24)27/h1-11,16H,12-13H2,(H,22,26)(H,23,25,27)/t16-/m1/s1. The van der Waals surface area contributed by atoms with Crippen molar-refractivity contribution >= 4 is 5.91 Å². The summed E-state index contributed by atoms with van der Waals surface area (Å²) < 4.78 is 20.4. The molecule has 0 unspecified atom stereocenters. The van der Waals surface area contributed by atoms with E-state index in [0.717, 1.165) is 16.2 Å². The smallest absolute Gasteiger partial charge is 0.328 e. The van der Waals surface area contributed by atoms with Crippen molar-refractivity contribution in [2.24, 2.45) is 0 Å². The van der Waals surface area contributed by atoms with E-state index in [0.29, 0.717) is 0 Å². The molecule has 2 aromatic carbocycles. The van der Waals surface area contributed by atoms with E-state index in [2.05, 4.69) is 10.3 Å². The van der Waals surface area contributed by atoms with Crippen LogP contribution in [0.1, 0.15) is 11.6 Å². The molecular weight excluding hydrogens is 365 g/mol. The lowest BCUT2D eigenvalue weighted by Gasteiger charge is -2.20. The van der Waals surface area contributed by atoms with Gasteiger partial charge in [0.15, 0.2) is 11.6 Å². The Morgan fingerprint density at radius 2 is 1.79 bits per heavy atom. The number of ether oxygens (including phenoxy) is 1. The van der Waals surface area contributed by atoms with Crippen LogP contribution in [0.4, 0.5) is 4.39 Å². The summed E-state index contributed by atoms with van der Waals surface area (Å²) in [5.41, 5.74) is -0.454. The Hall–Kier alpha value is -3.68. The van der Waals surface area contributed by atoms with Gasteiger partial charge < -0.3 is 10.1 Å². The molecular formula is C20H18FN3O4. The van der Waals surface area contributed by atoms with Crippen LogP contribution in [0.3, 0.4) is 0 Å². The summed E-state index contributed by atoms with van der Waals surface area (Å²) in [5, 5.41) is 2.78. The van der Waals surface area contributed by atoms with E-state index in [1.807, 2.05) is 30.3 Å². The highest BCUT2D eigenvalue weighted by atomic mass is 19.1. The molecule has 0 bridgehead atoms. The minimum Gasteiger partial charge on any atom is -0.488 e. The maximum atomic E-state index is 13.8. The number of para-hydroxylation sites is 1. The van der Waals surface area contributed by atoms with Crippen molar-refractivity contribution in [2.45, 2.75) is 12.6 Å². The number of nitrogens with one attached hydrogen (secondary N) is 2. The predicted molar refractivity (Wildman–Crippen MR) is 101 cm³/mol. The average Bonchev–Trinajstić information content (AvgIpc) is 2.69. The van der Waals surface area contributed by atoms with E-state index < -0.39 is 29.0 Å². The molecule has 0 saturated carbocycles. The lowest BCUT2D eigenvalue weighted by molar-refractivity contribution is -0.122. The number of nitrogens with zero attached hydrogens (tertiary/aromatic N) is 1. The molecule has 0 aliphatic rings. The third-order valence-corrected chi connectivity index (χ3v) is 3.99. The second-order valence-corrected chi connectivity index (χ2v) is 6.01. The summed E-state index contributed by atoms with van der Waals surface area (Å²) in [6, 6.07) is 15.7. The summed E-state index contributed by atoms with van der Waals surface area (Å²) in [6.45, 7) is -0.282. The largest absolute Gasteiger partial charge is 0.488 e. The number of hydrogen-bond acceptors (Lipinski definition) is 4. The lowest BCUT2D eigenvalue weighted by Crippen LogP contribution is -2.38. The lowest BCUT2D eigenvalue weighted by atomic mass is 10.1. The summed E-state index contributed by atoms with van der Waals surface area (Å²) in [5.74, 6) is -0.880. The van der Waals surface area contributed by atoms with Crippen LogP contribution < -0.4 is 21.3 Å². The van der Waals surface area contributed by atoms with Crippen molar-refractivity contribution in [3.05, 3.63) is 99.1 Å². The second kappa shape index (κ2) is 8.81. The topological polar surface area (TPSA) is 93.2 Å². The number of aromatic nitrogens is 2. The predicted octanol–water partition coefficient (Wildman–Crippen LogP) is 1.61. The molecule has 0 saturated heterocycles. The molecule has 3 aromatic rings. The van der Waals surface area contributed by atoms with Crippen molar-refractivity contribution in [2.75, 3.05) is 6.61 Å². The van der Waals surface area contributed by atoms with E-state index in [4.69, 9.17) is 4.74 Å². The Bertz CT molecular complexity index is 1060. The molecule has 7 nitrogen and oxygen atoms in total. The molecule has 1 amide bonds. The molecule has 28 heavy (non-hydrogen) atoms. The quantitative estimate of drug-likeness (QED) is 0.648. The van der Waals surface area contributed by atoms with Crippen molar-refractivity contribution in [3.8, 4) is 5.75 Å². The number of carbonyl (C=O) groups excluding carboxylic acids is 1. The molecule has 1 atom stereocenters. The Morgan fingerprint density at radius 3 is 2.50 bits per heavy atom. The molecule has 2 N–H and O–H groups in total. The van der Waals surface area contributed by atoms with Crippen LogP contribution in [0.15, 0.2) is 76.4 Å². The van der Waals surface area contributed by atoms with Gasteiger partial charge >= 0.3 is 5.69 Å². The molecule has 0 spiro atoms. The third-order valence-electron chi connectivity index (χ3n) is 3.99. The van der Waals surface area contributed by atoms with Crippen molar-refractivity contribution in [3.63, 3.8) is 0 Å². The number of hydrogen-bond donors (Lipinski definition) is 2. The average molecular weight is 383 g/mol. The highest BCUT2D eigenvalue weighted by molar-refractivity contribution is 5.76. The number of H-pyrrole nitrogens is 1. The van der Waals surface area contributed by atoms with Gasteiger partial charge in [0.1, 0.15) is 13.2 Å². The van der Waals surface area contributed by atoms with Crippen LogP contribution in [0, 0.1) is 5.82 Å². The van der Waals surface area contributed by atoms with Crippen LogP contribution in [-0.2, 0) is 11.3 Å². The molecule has 0 fully saturated rings. The summed E-state index contributed by atoms with van der Waals surface area (Å²) in [6.07, 6.45) is 1.24. The van der Waals surface area contributed by atoms with Crippen LogP contribution in [0.25, 0.3) is 0 Å². The number of halogens is 1. The molecule has 0 aliphatic carbocycles. The zero-order valence-electron chi connectivity index (χ0n) is 14.8. The van der Waals surface area contributed by atoms with Crippen LogP contribution >= 0.6 is 0 Å². The molecule has 3 rings (SSSR count). The van der Waals surface area contributed by atoms with Crippen LogP contribution in [-0.4, -0.2) is 22.1 Å². The highest BCUT2D eigenvalue weighted by Crippen LogP contribution is 2.19.